The predicted molar refractivity (Wildman–Crippen MR) is 112 cm³/mol. The van der Waals surface area contributed by atoms with Crippen molar-refractivity contribution >= 4 is 11.9 Å². The Hall–Kier alpha value is -3.02. The summed E-state index contributed by atoms with van der Waals surface area (Å²) in [6.07, 6.45) is 3.29. The van der Waals surface area contributed by atoms with Crippen LogP contribution in [0.2, 0.25) is 0 Å². The van der Waals surface area contributed by atoms with Crippen molar-refractivity contribution in [2.24, 2.45) is 10.7 Å². The fourth-order valence-corrected chi connectivity index (χ4v) is 3.22. The van der Waals surface area contributed by atoms with Gasteiger partial charge in [0.1, 0.15) is 5.75 Å². The number of ether oxygens (including phenoxy) is 1. The summed E-state index contributed by atoms with van der Waals surface area (Å²) in [6.45, 7) is 1.56. The average molecular weight is 380 g/mol. The molecule has 6 nitrogen and oxygen atoms in total. The first kappa shape index (κ1) is 19.7. The zero-order valence-corrected chi connectivity index (χ0v) is 16.3. The molecule has 2 aromatic rings. The Morgan fingerprint density at radius 1 is 1.11 bits per heavy atom. The van der Waals surface area contributed by atoms with E-state index < -0.39 is 5.91 Å². The van der Waals surface area contributed by atoms with Gasteiger partial charge < -0.3 is 21.1 Å². The van der Waals surface area contributed by atoms with E-state index in [9.17, 15) is 4.79 Å². The molecule has 6 heteroatoms. The summed E-state index contributed by atoms with van der Waals surface area (Å²) < 4.78 is 5.27. The number of guanidine groups is 1. The quantitative estimate of drug-likeness (QED) is 0.458. The first-order valence-electron chi connectivity index (χ1n) is 9.61. The van der Waals surface area contributed by atoms with Gasteiger partial charge in [-0.1, -0.05) is 42.5 Å². The van der Waals surface area contributed by atoms with Gasteiger partial charge in [-0.25, -0.2) is 0 Å². The lowest BCUT2D eigenvalue weighted by Gasteiger charge is -2.19. The number of carbonyl (C=O) groups excluding carboxylic acids is 1. The summed E-state index contributed by atoms with van der Waals surface area (Å²) in [5.74, 6) is 0.986. The van der Waals surface area contributed by atoms with Gasteiger partial charge in [0.15, 0.2) is 12.6 Å². The zero-order chi connectivity index (χ0) is 19.8. The molecule has 1 aliphatic carbocycles. The lowest BCUT2D eigenvalue weighted by molar-refractivity contribution is -0.119. The Labute approximate surface area is 166 Å². The van der Waals surface area contributed by atoms with E-state index in [0.717, 1.165) is 25.5 Å². The van der Waals surface area contributed by atoms with E-state index >= 15 is 0 Å². The molecule has 4 N–H and O–H groups in total. The summed E-state index contributed by atoms with van der Waals surface area (Å²) >= 11 is 0. The highest BCUT2D eigenvalue weighted by molar-refractivity contribution is 5.79. The van der Waals surface area contributed by atoms with Gasteiger partial charge in [0, 0.05) is 25.6 Å². The zero-order valence-electron chi connectivity index (χ0n) is 16.3. The van der Waals surface area contributed by atoms with E-state index in [4.69, 9.17) is 10.5 Å². The van der Waals surface area contributed by atoms with Crippen LogP contribution < -0.4 is 21.1 Å². The van der Waals surface area contributed by atoms with Crippen molar-refractivity contribution in [3.63, 3.8) is 0 Å². The van der Waals surface area contributed by atoms with Gasteiger partial charge in [0.25, 0.3) is 5.91 Å². The van der Waals surface area contributed by atoms with Crippen LogP contribution in [-0.4, -0.2) is 38.6 Å². The minimum atomic E-state index is -0.479. The van der Waals surface area contributed by atoms with Crippen LogP contribution in [0, 0.1) is 0 Å². The van der Waals surface area contributed by atoms with Crippen molar-refractivity contribution in [2.75, 3.05) is 26.7 Å². The second kappa shape index (κ2) is 9.26. The second-order valence-corrected chi connectivity index (χ2v) is 7.15. The summed E-state index contributed by atoms with van der Waals surface area (Å²) in [5.41, 5.74) is 7.90. The molecule has 1 fully saturated rings. The van der Waals surface area contributed by atoms with E-state index in [2.05, 4.69) is 46.0 Å². The highest BCUT2D eigenvalue weighted by Gasteiger charge is 2.43. The van der Waals surface area contributed by atoms with Gasteiger partial charge in [-0.2, -0.15) is 0 Å². The van der Waals surface area contributed by atoms with Crippen molar-refractivity contribution in [3.05, 3.63) is 65.7 Å². The van der Waals surface area contributed by atoms with Gasteiger partial charge in [-0.05, 0) is 42.5 Å². The molecule has 0 bridgehead atoms. The van der Waals surface area contributed by atoms with E-state index in [1.165, 1.54) is 24.0 Å². The third kappa shape index (κ3) is 5.49. The lowest BCUT2D eigenvalue weighted by atomic mass is 9.96. The molecule has 0 aliphatic heterocycles. The van der Waals surface area contributed by atoms with Crippen molar-refractivity contribution in [1.29, 1.82) is 0 Å². The average Bonchev–Trinajstić information content (AvgIpc) is 3.52. The van der Waals surface area contributed by atoms with E-state index in [-0.39, 0.29) is 12.0 Å². The van der Waals surface area contributed by atoms with Gasteiger partial charge in [0.2, 0.25) is 0 Å². The molecule has 0 heterocycles. The third-order valence-electron chi connectivity index (χ3n) is 5.07. The number of nitrogens with one attached hydrogen (secondary N) is 2. The fourth-order valence-electron chi connectivity index (χ4n) is 3.22. The van der Waals surface area contributed by atoms with E-state index in [1.807, 2.05) is 24.3 Å². The van der Waals surface area contributed by atoms with Crippen LogP contribution >= 0.6 is 0 Å². The molecule has 1 aliphatic rings. The molecule has 0 atom stereocenters. The molecule has 28 heavy (non-hydrogen) atoms. The van der Waals surface area contributed by atoms with Gasteiger partial charge in [-0.3, -0.25) is 9.79 Å². The van der Waals surface area contributed by atoms with Crippen molar-refractivity contribution in [3.8, 4) is 5.75 Å². The van der Waals surface area contributed by atoms with Crippen LogP contribution in [0.5, 0.6) is 5.75 Å². The molecule has 1 saturated carbocycles. The van der Waals surface area contributed by atoms with Crippen LogP contribution in [0.25, 0.3) is 0 Å². The number of amides is 1. The van der Waals surface area contributed by atoms with Gasteiger partial charge >= 0.3 is 0 Å². The monoisotopic (exact) mass is 380 g/mol. The van der Waals surface area contributed by atoms with Crippen LogP contribution in [0.1, 0.15) is 24.0 Å². The Balaban J connectivity index is 1.42. The molecular formula is C22H28N4O2. The van der Waals surface area contributed by atoms with Crippen molar-refractivity contribution < 1.29 is 9.53 Å². The van der Waals surface area contributed by atoms with Crippen LogP contribution in [-0.2, 0) is 16.6 Å². The molecule has 3 rings (SSSR count). The Morgan fingerprint density at radius 3 is 2.43 bits per heavy atom. The van der Waals surface area contributed by atoms with Crippen molar-refractivity contribution in [1.82, 2.24) is 10.6 Å². The van der Waals surface area contributed by atoms with Crippen LogP contribution in [0.15, 0.2) is 59.6 Å². The molecule has 0 radical (unpaired) electrons. The highest BCUT2D eigenvalue weighted by Crippen LogP contribution is 2.47. The van der Waals surface area contributed by atoms with Crippen LogP contribution in [0.4, 0.5) is 0 Å². The number of carbonyl (C=O) groups is 1. The Bertz CT molecular complexity index is 799. The number of aliphatic imine (C=N–C) groups is 1. The molecular weight excluding hydrogens is 352 g/mol. The normalized spacial score (nSPS) is 15.0. The maximum absolute atomic E-state index is 10.7. The summed E-state index contributed by atoms with van der Waals surface area (Å²) in [5, 5.41) is 6.84. The first-order chi connectivity index (χ1) is 13.6. The number of primary amides is 1. The molecule has 2 aromatic carbocycles. The maximum atomic E-state index is 10.7. The SMILES string of the molecule is CN=C(NCCc1ccc(OCC(N)=O)cc1)NCC1(c2ccccc2)CC1. The summed E-state index contributed by atoms with van der Waals surface area (Å²) in [7, 11) is 1.79. The molecule has 1 amide bonds. The highest BCUT2D eigenvalue weighted by atomic mass is 16.5. The number of rotatable bonds is 9. The Morgan fingerprint density at radius 2 is 1.82 bits per heavy atom. The molecule has 148 valence electrons. The van der Waals surface area contributed by atoms with Gasteiger partial charge in [0.05, 0.1) is 0 Å². The predicted octanol–water partition coefficient (Wildman–Crippen LogP) is 1.99. The number of hydrogen-bond acceptors (Lipinski definition) is 3. The van der Waals surface area contributed by atoms with Crippen molar-refractivity contribution in [2.45, 2.75) is 24.7 Å². The molecule has 0 spiro atoms. The number of nitrogens with two attached hydrogens (primary N) is 1. The Kier molecular flexibility index (Phi) is 6.53. The van der Waals surface area contributed by atoms with E-state index in [0.29, 0.717) is 5.75 Å². The number of nitrogens with zero attached hydrogens (tertiary/aromatic N) is 1. The van der Waals surface area contributed by atoms with E-state index in [1.54, 1.807) is 7.05 Å². The minimum Gasteiger partial charge on any atom is -0.484 e. The minimum absolute atomic E-state index is 0.104. The second-order valence-electron chi connectivity index (χ2n) is 7.15. The standard InChI is InChI=1S/C22H28N4O2/c1-24-21(26-16-22(12-13-22)18-5-3-2-4-6-18)25-14-11-17-7-9-19(10-8-17)28-15-20(23)27/h2-10H,11-16H2,1H3,(H2,23,27)(H2,24,25,26). The maximum Gasteiger partial charge on any atom is 0.255 e. The van der Waals surface area contributed by atoms with Gasteiger partial charge in [-0.15, -0.1) is 0 Å². The third-order valence-corrected chi connectivity index (χ3v) is 5.07. The summed E-state index contributed by atoms with van der Waals surface area (Å²) in [4.78, 5) is 15.1. The molecule has 0 aromatic heterocycles. The first-order valence-corrected chi connectivity index (χ1v) is 9.61. The summed E-state index contributed by atoms with van der Waals surface area (Å²) in [6, 6.07) is 18.4. The topological polar surface area (TPSA) is 88.7 Å². The largest absolute Gasteiger partial charge is 0.484 e. The molecule has 0 unspecified atom stereocenters. The smallest absolute Gasteiger partial charge is 0.255 e. The molecule has 0 saturated heterocycles. The number of hydrogen-bond donors (Lipinski definition) is 3. The fraction of sp³-hybridized carbons (Fsp3) is 0.364. The van der Waals surface area contributed by atoms with Crippen LogP contribution in [0.3, 0.4) is 0 Å². The number of benzene rings is 2. The lowest BCUT2D eigenvalue weighted by Crippen LogP contribution is -2.41.